The van der Waals surface area contributed by atoms with E-state index in [4.69, 9.17) is 9.47 Å². The molecule has 0 aromatic heterocycles. The van der Waals surface area contributed by atoms with Gasteiger partial charge in [-0.25, -0.2) is 0 Å². The van der Waals surface area contributed by atoms with Crippen LogP contribution in [-0.4, -0.2) is 11.9 Å². The molecule has 1 aromatic rings. The first-order valence-corrected chi connectivity index (χ1v) is 11.1. The molecule has 4 heteroatoms. The minimum atomic E-state index is -0.345. The van der Waals surface area contributed by atoms with E-state index in [2.05, 4.69) is 27.7 Å². The monoisotopic (exact) mass is 400 g/mol. The van der Waals surface area contributed by atoms with Crippen molar-refractivity contribution in [1.29, 1.82) is 0 Å². The lowest BCUT2D eigenvalue weighted by atomic mass is 9.45. The molecule has 0 spiro atoms. The Balaban J connectivity index is 2.00. The van der Waals surface area contributed by atoms with Crippen molar-refractivity contribution in [3.8, 4) is 11.5 Å². The van der Waals surface area contributed by atoms with E-state index in [0.717, 1.165) is 17.9 Å². The van der Waals surface area contributed by atoms with Gasteiger partial charge in [-0.1, -0.05) is 40.5 Å². The number of ether oxygens (including phenoxy) is 2. The zero-order valence-corrected chi connectivity index (χ0v) is 18.8. The summed E-state index contributed by atoms with van der Waals surface area (Å²) < 4.78 is 10.9. The standard InChI is InChI=1S/C25H36O4/c1-16-8-7-9-23-24(16,5)13-12-17(2)25(23,6)15-20-14-21(28-18(3)26)10-11-22(20)29-19(4)27/h10-11,14,16-17,23H,7-9,12-13,15H2,1-6H3. The van der Waals surface area contributed by atoms with Gasteiger partial charge in [0.25, 0.3) is 0 Å². The van der Waals surface area contributed by atoms with E-state index in [0.29, 0.717) is 28.7 Å². The fourth-order valence-corrected chi connectivity index (χ4v) is 6.22. The molecule has 0 amide bonds. The van der Waals surface area contributed by atoms with E-state index in [1.807, 2.05) is 6.07 Å². The van der Waals surface area contributed by atoms with Crippen molar-refractivity contribution >= 4 is 11.9 Å². The van der Waals surface area contributed by atoms with Crippen molar-refractivity contribution in [3.05, 3.63) is 23.8 Å². The Kier molecular flexibility index (Phi) is 6.12. The summed E-state index contributed by atoms with van der Waals surface area (Å²) in [5.41, 5.74) is 1.41. The lowest BCUT2D eigenvalue weighted by molar-refractivity contribution is -0.133. The van der Waals surface area contributed by atoms with E-state index < -0.39 is 0 Å². The summed E-state index contributed by atoms with van der Waals surface area (Å²) in [7, 11) is 0. The molecule has 0 saturated heterocycles. The molecular weight excluding hydrogens is 364 g/mol. The fourth-order valence-electron chi connectivity index (χ4n) is 6.22. The Labute approximate surface area is 175 Å². The van der Waals surface area contributed by atoms with Crippen LogP contribution in [0.3, 0.4) is 0 Å². The minimum Gasteiger partial charge on any atom is -0.427 e. The normalized spacial score (nSPS) is 34.2. The van der Waals surface area contributed by atoms with Gasteiger partial charge in [-0.15, -0.1) is 0 Å². The van der Waals surface area contributed by atoms with Crippen LogP contribution in [0.25, 0.3) is 0 Å². The molecule has 0 heterocycles. The van der Waals surface area contributed by atoms with Crippen LogP contribution in [0.2, 0.25) is 0 Å². The number of carbonyl (C=O) groups is 2. The zero-order chi connectivity index (χ0) is 21.4. The maximum atomic E-state index is 11.7. The summed E-state index contributed by atoms with van der Waals surface area (Å²) in [4.78, 5) is 23.1. The highest BCUT2D eigenvalue weighted by Crippen LogP contribution is 2.62. The van der Waals surface area contributed by atoms with Crippen LogP contribution >= 0.6 is 0 Å². The van der Waals surface area contributed by atoms with Crippen molar-refractivity contribution in [2.75, 3.05) is 0 Å². The highest BCUT2D eigenvalue weighted by atomic mass is 16.5. The molecule has 4 nitrogen and oxygen atoms in total. The van der Waals surface area contributed by atoms with Crippen molar-refractivity contribution in [2.45, 2.75) is 80.1 Å². The molecule has 0 aliphatic heterocycles. The Bertz CT molecular complexity index is 785. The maximum Gasteiger partial charge on any atom is 0.308 e. The van der Waals surface area contributed by atoms with Crippen LogP contribution in [0.15, 0.2) is 18.2 Å². The van der Waals surface area contributed by atoms with Gasteiger partial charge < -0.3 is 9.47 Å². The van der Waals surface area contributed by atoms with Gasteiger partial charge in [-0.05, 0) is 78.0 Å². The first-order chi connectivity index (χ1) is 13.6. The molecule has 0 radical (unpaired) electrons. The third-order valence-electron chi connectivity index (χ3n) is 8.21. The van der Waals surface area contributed by atoms with E-state index in [-0.39, 0.29) is 17.4 Å². The number of hydrogen-bond acceptors (Lipinski definition) is 4. The van der Waals surface area contributed by atoms with Gasteiger partial charge in [0.15, 0.2) is 0 Å². The van der Waals surface area contributed by atoms with Crippen molar-refractivity contribution < 1.29 is 19.1 Å². The highest BCUT2D eigenvalue weighted by molar-refractivity contribution is 5.71. The van der Waals surface area contributed by atoms with E-state index >= 15 is 0 Å². The second-order valence-electron chi connectivity index (χ2n) is 9.97. The quantitative estimate of drug-likeness (QED) is 0.462. The Morgan fingerprint density at radius 3 is 2.34 bits per heavy atom. The van der Waals surface area contributed by atoms with E-state index in [1.54, 1.807) is 12.1 Å². The zero-order valence-electron chi connectivity index (χ0n) is 18.8. The van der Waals surface area contributed by atoms with Gasteiger partial charge in [0.05, 0.1) is 0 Å². The van der Waals surface area contributed by atoms with Gasteiger partial charge in [-0.3, -0.25) is 9.59 Å². The van der Waals surface area contributed by atoms with Crippen LogP contribution in [0.4, 0.5) is 0 Å². The summed E-state index contributed by atoms with van der Waals surface area (Å²) in [6.07, 6.45) is 7.19. The number of fused-ring (bicyclic) bond motifs is 1. The Morgan fingerprint density at radius 2 is 1.69 bits per heavy atom. The van der Waals surface area contributed by atoms with E-state index in [9.17, 15) is 9.59 Å². The molecule has 0 bridgehead atoms. The predicted octanol–water partition coefficient (Wildman–Crippen LogP) is 5.96. The van der Waals surface area contributed by atoms with Gasteiger partial charge >= 0.3 is 11.9 Å². The smallest absolute Gasteiger partial charge is 0.308 e. The summed E-state index contributed by atoms with van der Waals surface area (Å²) >= 11 is 0. The molecule has 2 fully saturated rings. The van der Waals surface area contributed by atoms with Crippen molar-refractivity contribution in [3.63, 3.8) is 0 Å². The largest absolute Gasteiger partial charge is 0.427 e. The van der Waals surface area contributed by atoms with E-state index in [1.165, 1.54) is 46.0 Å². The summed E-state index contributed by atoms with van der Waals surface area (Å²) in [5, 5.41) is 0. The van der Waals surface area contributed by atoms with Gasteiger partial charge in [-0.2, -0.15) is 0 Å². The van der Waals surface area contributed by atoms with Crippen LogP contribution in [0.1, 0.15) is 79.2 Å². The molecule has 160 valence electrons. The first kappa shape index (κ1) is 21.9. The molecule has 3 rings (SSSR count). The average Bonchev–Trinajstić information content (AvgIpc) is 2.62. The molecule has 2 aliphatic carbocycles. The number of esters is 2. The summed E-state index contributed by atoms with van der Waals surface area (Å²) in [5.74, 6) is 2.35. The highest BCUT2D eigenvalue weighted by Gasteiger charge is 2.55. The van der Waals surface area contributed by atoms with Gasteiger partial charge in [0.2, 0.25) is 0 Å². The molecule has 1 aromatic carbocycles. The first-order valence-electron chi connectivity index (χ1n) is 11.1. The third-order valence-corrected chi connectivity index (χ3v) is 8.21. The minimum absolute atomic E-state index is 0.103. The molecule has 0 N–H and O–H groups in total. The lowest BCUT2D eigenvalue weighted by Crippen LogP contribution is -2.53. The fraction of sp³-hybridized carbons (Fsp3) is 0.680. The predicted molar refractivity (Wildman–Crippen MR) is 114 cm³/mol. The molecule has 5 atom stereocenters. The van der Waals surface area contributed by atoms with Gasteiger partial charge in [0.1, 0.15) is 11.5 Å². The molecule has 29 heavy (non-hydrogen) atoms. The number of rotatable bonds is 4. The molecular formula is C25H36O4. The van der Waals surface area contributed by atoms with Crippen LogP contribution < -0.4 is 9.47 Å². The van der Waals surface area contributed by atoms with Gasteiger partial charge in [0, 0.05) is 13.8 Å². The van der Waals surface area contributed by atoms with Crippen molar-refractivity contribution in [1.82, 2.24) is 0 Å². The topological polar surface area (TPSA) is 52.6 Å². The second kappa shape index (κ2) is 8.12. The van der Waals surface area contributed by atoms with Crippen LogP contribution in [-0.2, 0) is 16.0 Å². The third kappa shape index (κ3) is 4.22. The molecule has 5 unspecified atom stereocenters. The molecule has 2 aliphatic rings. The second-order valence-corrected chi connectivity index (χ2v) is 9.97. The number of carbonyl (C=O) groups excluding carboxylic acids is 2. The van der Waals surface area contributed by atoms with Crippen LogP contribution in [0, 0.1) is 28.6 Å². The summed E-state index contributed by atoms with van der Waals surface area (Å²) in [6.45, 7) is 12.5. The SMILES string of the molecule is CC(=O)Oc1ccc(OC(C)=O)c(CC2(C)C(C)CCC3(C)C(C)CCCC32)c1. The summed E-state index contributed by atoms with van der Waals surface area (Å²) in [6, 6.07) is 5.34. The maximum absolute atomic E-state index is 11.7. The average molecular weight is 401 g/mol. The Morgan fingerprint density at radius 1 is 1.00 bits per heavy atom. The number of hydrogen-bond donors (Lipinski definition) is 0. The Hall–Kier alpha value is -1.84. The molecule has 2 saturated carbocycles. The van der Waals surface area contributed by atoms with Crippen molar-refractivity contribution in [2.24, 2.45) is 28.6 Å². The number of benzene rings is 1. The lowest BCUT2D eigenvalue weighted by Gasteiger charge is -2.60. The van der Waals surface area contributed by atoms with Crippen LogP contribution in [0.5, 0.6) is 11.5 Å².